The third-order valence-electron chi connectivity index (χ3n) is 4.86. The first kappa shape index (κ1) is 16.5. The van der Waals surface area contributed by atoms with Crippen molar-refractivity contribution in [1.82, 2.24) is 18.8 Å². The molecule has 4 heterocycles. The normalized spacial score (nSPS) is 22.8. The minimum atomic E-state index is -3.56. The van der Waals surface area contributed by atoms with E-state index in [-0.39, 0.29) is 10.9 Å². The molecular formula is C16H20N4O4S. The van der Waals surface area contributed by atoms with Crippen LogP contribution in [0.1, 0.15) is 6.42 Å². The number of imidazole rings is 1. The fourth-order valence-electron chi connectivity index (χ4n) is 3.37. The molecule has 0 radical (unpaired) electrons. The number of rotatable bonds is 5. The zero-order valence-corrected chi connectivity index (χ0v) is 14.7. The van der Waals surface area contributed by atoms with Gasteiger partial charge in [-0.1, -0.05) is 0 Å². The van der Waals surface area contributed by atoms with Crippen LogP contribution >= 0.6 is 0 Å². The van der Waals surface area contributed by atoms with Crippen LogP contribution in [0.5, 0.6) is 5.75 Å². The molecule has 134 valence electrons. The minimum absolute atomic E-state index is 0.0750. The highest BCUT2D eigenvalue weighted by Crippen LogP contribution is 2.42. The van der Waals surface area contributed by atoms with Crippen molar-refractivity contribution in [1.29, 1.82) is 0 Å². The van der Waals surface area contributed by atoms with Crippen molar-refractivity contribution >= 4 is 10.0 Å². The van der Waals surface area contributed by atoms with Gasteiger partial charge in [0.2, 0.25) is 0 Å². The smallest absolute Gasteiger partial charge is 0.262 e. The van der Waals surface area contributed by atoms with E-state index in [2.05, 4.69) is 9.97 Å². The number of sulfonamides is 1. The molecule has 0 N–H and O–H groups in total. The molecule has 0 saturated carbocycles. The summed E-state index contributed by atoms with van der Waals surface area (Å²) in [4.78, 5) is 7.99. The Kier molecular flexibility index (Phi) is 4.01. The van der Waals surface area contributed by atoms with Crippen molar-refractivity contribution < 1.29 is 17.9 Å². The fourth-order valence-corrected chi connectivity index (χ4v) is 4.90. The molecule has 0 amide bonds. The molecule has 2 fully saturated rings. The van der Waals surface area contributed by atoms with E-state index < -0.39 is 15.6 Å². The van der Waals surface area contributed by atoms with Gasteiger partial charge in [-0.3, -0.25) is 4.98 Å². The van der Waals surface area contributed by atoms with E-state index in [1.807, 2.05) is 12.1 Å². The Hall–Kier alpha value is -1.97. The highest BCUT2D eigenvalue weighted by molar-refractivity contribution is 7.89. The second kappa shape index (κ2) is 6.08. The van der Waals surface area contributed by atoms with Gasteiger partial charge in [-0.05, 0) is 18.6 Å². The standard InChI is InChI=1S/C16H20N4O4S/c1-19-8-15(18-12-19)25(21,22)20-10-16(11-20)13(4-6-24-16)9-23-14-3-2-5-17-7-14/h2-3,5,7-8,12-13H,4,6,9-11H2,1H3/t13-/m0/s1. The second-order valence-corrected chi connectivity index (χ2v) is 8.43. The van der Waals surface area contributed by atoms with Crippen LogP contribution in [0.2, 0.25) is 0 Å². The zero-order chi connectivity index (χ0) is 17.5. The summed E-state index contributed by atoms with van der Waals surface area (Å²) in [5.74, 6) is 0.865. The predicted molar refractivity (Wildman–Crippen MR) is 88.5 cm³/mol. The Balaban J connectivity index is 1.42. The monoisotopic (exact) mass is 364 g/mol. The van der Waals surface area contributed by atoms with Crippen LogP contribution in [0.15, 0.2) is 42.1 Å². The molecule has 2 aliphatic heterocycles. The van der Waals surface area contributed by atoms with Gasteiger partial charge >= 0.3 is 0 Å². The summed E-state index contributed by atoms with van der Waals surface area (Å²) in [6.07, 6.45) is 7.22. The van der Waals surface area contributed by atoms with Gasteiger partial charge < -0.3 is 14.0 Å². The molecule has 0 aliphatic carbocycles. The van der Waals surface area contributed by atoms with Crippen molar-refractivity contribution in [3.63, 3.8) is 0 Å². The molecule has 2 aromatic rings. The lowest BCUT2D eigenvalue weighted by Crippen LogP contribution is -2.66. The molecule has 0 bridgehead atoms. The first-order valence-electron chi connectivity index (χ1n) is 8.14. The van der Waals surface area contributed by atoms with Gasteiger partial charge in [-0.25, -0.2) is 13.4 Å². The molecule has 0 unspecified atom stereocenters. The van der Waals surface area contributed by atoms with Crippen LogP contribution in [0.4, 0.5) is 0 Å². The maximum Gasteiger partial charge on any atom is 0.262 e. The van der Waals surface area contributed by atoms with Gasteiger partial charge in [-0.15, -0.1) is 0 Å². The van der Waals surface area contributed by atoms with Crippen molar-refractivity contribution in [2.24, 2.45) is 13.0 Å². The van der Waals surface area contributed by atoms with Crippen LogP contribution in [0.3, 0.4) is 0 Å². The van der Waals surface area contributed by atoms with Gasteiger partial charge in [0.1, 0.15) is 11.4 Å². The van der Waals surface area contributed by atoms with Crippen LogP contribution < -0.4 is 4.74 Å². The minimum Gasteiger partial charge on any atom is -0.492 e. The Bertz CT molecular complexity index is 846. The van der Waals surface area contributed by atoms with Gasteiger partial charge in [0.05, 0.1) is 19.1 Å². The molecule has 8 nitrogen and oxygen atoms in total. The highest BCUT2D eigenvalue weighted by Gasteiger charge is 2.57. The third kappa shape index (κ3) is 2.92. The van der Waals surface area contributed by atoms with E-state index in [1.165, 1.54) is 16.8 Å². The van der Waals surface area contributed by atoms with Gasteiger partial charge in [0.25, 0.3) is 10.0 Å². The quantitative estimate of drug-likeness (QED) is 0.775. The van der Waals surface area contributed by atoms with Gasteiger partial charge in [0, 0.05) is 45.1 Å². The number of ether oxygens (including phenoxy) is 2. The lowest BCUT2D eigenvalue weighted by atomic mass is 9.83. The molecule has 2 aliphatic rings. The molecule has 0 aromatic carbocycles. The predicted octanol–water partition coefficient (Wildman–Crippen LogP) is 0.674. The maximum absolute atomic E-state index is 12.6. The molecule has 4 rings (SSSR count). The summed E-state index contributed by atoms with van der Waals surface area (Å²) in [6.45, 7) is 1.79. The van der Waals surface area contributed by atoms with Crippen molar-refractivity contribution in [3.8, 4) is 5.75 Å². The van der Waals surface area contributed by atoms with Crippen molar-refractivity contribution in [2.45, 2.75) is 17.0 Å². The summed E-state index contributed by atoms with van der Waals surface area (Å²) in [6, 6.07) is 3.68. The Labute approximate surface area is 146 Å². The maximum atomic E-state index is 12.6. The van der Waals surface area contributed by atoms with Crippen molar-refractivity contribution in [2.75, 3.05) is 26.3 Å². The van der Waals surface area contributed by atoms with E-state index in [1.54, 1.807) is 24.0 Å². The summed E-state index contributed by atoms with van der Waals surface area (Å²) >= 11 is 0. The number of nitrogens with zero attached hydrogens (tertiary/aromatic N) is 4. The van der Waals surface area contributed by atoms with Crippen LogP contribution in [0.25, 0.3) is 0 Å². The van der Waals surface area contributed by atoms with E-state index >= 15 is 0 Å². The molecule has 2 aromatic heterocycles. The lowest BCUT2D eigenvalue weighted by Gasteiger charge is -2.48. The number of pyridine rings is 1. The van der Waals surface area contributed by atoms with Crippen LogP contribution in [0, 0.1) is 5.92 Å². The highest BCUT2D eigenvalue weighted by atomic mass is 32.2. The second-order valence-electron chi connectivity index (χ2n) is 6.55. The van der Waals surface area contributed by atoms with Gasteiger partial charge in [-0.2, -0.15) is 4.31 Å². The summed E-state index contributed by atoms with van der Waals surface area (Å²) < 4.78 is 40.0. The van der Waals surface area contributed by atoms with Crippen LogP contribution in [-0.4, -0.2) is 59.2 Å². The Morgan fingerprint density at radius 2 is 2.28 bits per heavy atom. The lowest BCUT2D eigenvalue weighted by molar-refractivity contribution is -0.107. The summed E-state index contributed by atoms with van der Waals surface area (Å²) in [5.41, 5.74) is -0.454. The third-order valence-corrected chi connectivity index (χ3v) is 6.54. The molecule has 1 spiro atoms. The van der Waals surface area contributed by atoms with Gasteiger partial charge in [0.15, 0.2) is 5.03 Å². The molecule has 25 heavy (non-hydrogen) atoms. The molecule has 9 heteroatoms. The largest absolute Gasteiger partial charge is 0.492 e. The number of hydrogen-bond acceptors (Lipinski definition) is 6. The summed E-state index contributed by atoms with van der Waals surface area (Å²) in [7, 11) is -1.82. The first-order chi connectivity index (χ1) is 12.0. The van der Waals surface area contributed by atoms with E-state index in [0.29, 0.717) is 32.1 Å². The first-order valence-corrected chi connectivity index (χ1v) is 9.58. The van der Waals surface area contributed by atoms with Crippen molar-refractivity contribution in [3.05, 3.63) is 37.1 Å². The summed E-state index contributed by atoms with van der Waals surface area (Å²) in [5, 5.41) is 0.0750. The van der Waals surface area contributed by atoms with Crippen LogP contribution in [-0.2, 0) is 21.8 Å². The number of aromatic nitrogens is 3. The van der Waals surface area contributed by atoms with E-state index in [0.717, 1.165) is 6.42 Å². The topological polar surface area (TPSA) is 86.6 Å². The van der Waals surface area contributed by atoms with E-state index in [4.69, 9.17) is 9.47 Å². The number of aryl methyl sites for hydroxylation is 1. The molecule has 1 atom stereocenters. The molecular weight excluding hydrogens is 344 g/mol. The van der Waals surface area contributed by atoms with E-state index in [9.17, 15) is 8.42 Å². The zero-order valence-electron chi connectivity index (χ0n) is 13.9. The molecule has 2 saturated heterocycles. The number of hydrogen-bond donors (Lipinski definition) is 0. The average Bonchev–Trinajstić information content (AvgIpc) is 3.19. The SMILES string of the molecule is Cn1cnc(S(=O)(=O)N2CC3(C2)OCC[C@H]3COc2cccnc2)c1. The Morgan fingerprint density at radius 1 is 1.44 bits per heavy atom. The fraction of sp³-hybridized carbons (Fsp3) is 0.500. The average molecular weight is 364 g/mol. The Morgan fingerprint density at radius 3 is 2.96 bits per heavy atom.